The minimum Gasteiger partial charge on any atom is -0.465 e. The molecular formula is C7H7NO3. The maximum atomic E-state index is 10.8. The van der Waals surface area contributed by atoms with Gasteiger partial charge in [-0.25, -0.2) is 9.79 Å². The normalized spacial score (nSPS) is 16.1. The number of dihydropyridines is 1. The maximum Gasteiger partial charge on any atom is 0.339 e. The molecule has 0 radical (unpaired) electrons. The molecule has 1 aliphatic heterocycles. The number of nitrogens with zero attached hydrogens (tertiary/aromatic N) is 1. The second kappa shape index (κ2) is 3.09. The molecule has 58 valence electrons. The molecule has 0 saturated carbocycles. The van der Waals surface area contributed by atoms with E-state index in [0.717, 1.165) is 0 Å². The van der Waals surface area contributed by atoms with Crippen LogP contribution in [0.25, 0.3) is 0 Å². The third kappa shape index (κ3) is 1.73. The Hall–Kier alpha value is -1.45. The highest BCUT2D eigenvalue weighted by atomic mass is 16.5. The molecule has 0 fully saturated rings. The van der Waals surface area contributed by atoms with Gasteiger partial charge in [-0.3, -0.25) is 4.79 Å². The molecular weight excluding hydrogens is 146 g/mol. The van der Waals surface area contributed by atoms with Gasteiger partial charge in [0.1, 0.15) is 0 Å². The first kappa shape index (κ1) is 7.65. The Labute approximate surface area is 63.6 Å². The molecule has 0 aromatic carbocycles. The summed E-state index contributed by atoms with van der Waals surface area (Å²) < 4.78 is 4.42. The minimum atomic E-state index is -0.457. The van der Waals surface area contributed by atoms with Crippen molar-refractivity contribution in [3.8, 4) is 0 Å². The van der Waals surface area contributed by atoms with E-state index in [1.165, 1.54) is 19.4 Å². The number of ether oxygens (including phenoxy) is 1. The maximum absolute atomic E-state index is 10.8. The molecule has 1 rings (SSSR count). The summed E-state index contributed by atoms with van der Waals surface area (Å²) in [6.07, 6.45) is 2.90. The lowest BCUT2D eigenvalue weighted by atomic mass is 10.2. The molecule has 11 heavy (non-hydrogen) atoms. The van der Waals surface area contributed by atoms with Gasteiger partial charge in [-0.05, 0) is 0 Å². The zero-order valence-electron chi connectivity index (χ0n) is 6.03. The van der Waals surface area contributed by atoms with Gasteiger partial charge < -0.3 is 4.74 Å². The molecule has 0 aromatic rings. The van der Waals surface area contributed by atoms with Crippen molar-refractivity contribution in [1.82, 2.24) is 0 Å². The Morgan fingerprint density at radius 2 is 2.45 bits per heavy atom. The zero-order valence-corrected chi connectivity index (χ0v) is 6.03. The van der Waals surface area contributed by atoms with E-state index in [9.17, 15) is 9.59 Å². The van der Waals surface area contributed by atoms with Crippen molar-refractivity contribution in [2.75, 3.05) is 7.11 Å². The van der Waals surface area contributed by atoms with Gasteiger partial charge in [-0.1, -0.05) is 6.08 Å². The van der Waals surface area contributed by atoms with E-state index < -0.39 is 5.97 Å². The Morgan fingerprint density at radius 3 is 2.91 bits per heavy atom. The number of esters is 1. The first-order valence-electron chi connectivity index (χ1n) is 3.09. The molecule has 1 aliphatic rings. The van der Waals surface area contributed by atoms with Gasteiger partial charge in [0.25, 0.3) is 0 Å². The Balaban J connectivity index is 2.70. The standard InChI is InChI=1S/C7H7NO3/c1-11-7(10)5-2-3-6(9)8-4-5/h2,4H,3H2,1H3. The molecule has 1 heterocycles. The average Bonchev–Trinajstić information content (AvgIpc) is 2.05. The lowest BCUT2D eigenvalue weighted by Crippen LogP contribution is -2.10. The summed E-state index contributed by atoms with van der Waals surface area (Å²) in [4.78, 5) is 24.8. The summed E-state index contributed by atoms with van der Waals surface area (Å²) in [6, 6.07) is 0. The van der Waals surface area contributed by atoms with Crippen molar-refractivity contribution in [3.05, 3.63) is 11.6 Å². The fourth-order valence-corrected chi connectivity index (χ4v) is 0.698. The predicted octanol–water partition coefficient (Wildman–Crippen LogP) is 0.0869. The Bertz CT molecular complexity index is 252. The van der Waals surface area contributed by atoms with E-state index in [0.29, 0.717) is 5.57 Å². The number of amides is 1. The summed E-state index contributed by atoms with van der Waals surface area (Å²) in [5.41, 5.74) is 0.340. The van der Waals surface area contributed by atoms with Gasteiger partial charge in [-0.2, -0.15) is 0 Å². The smallest absolute Gasteiger partial charge is 0.339 e. The number of carbonyl (C=O) groups is 2. The van der Waals surface area contributed by atoms with Crippen LogP contribution in [0, 0.1) is 0 Å². The molecule has 0 unspecified atom stereocenters. The number of carbonyl (C=O) groups excluding carboxylic acids is 2. The second-order valence-corrected chi connectivity index (χ2v) is 2.01. The van der Waals surface area contributed by atoms with E-state index in [4.69, 9.17) is 0 Å². The highest BCUT2D eigenvalue weighted by Gasteiger charge is 2.11. The fourth-order valence-electron chi connectivity index (χ4n) is 0.698. The van der Waals surface area contributed by atoms with E-state index in [2.05, 4.69) is 9.73 Å². The topological polar surface area (TPSA) is 55.7 Å². The van der Waals surface area contributed by atoms with Crippen LogP contribution in [0.5, 0.6) is 0 Å². The van der Waals surface area contributed by atoms with E-state index in [-0.39, 0.29) is 12.3 Å². The van der Waals surface area contributed by atoms with Crippen LogP contribution in [0.3, 0.4) is 0 Å². The Morgan fingerprint density at radius 1 is 1.73 bits per heavy atom. The highest BCUT2D eigenvalue weighted by molar-refractivity contribution is 6.13. The number of hydrogen-bond acceptors (Lipinski definition) is 3. The quantitative estimate of drug-likeness (QED) is 0.501. The minimum absolute atomic E-state index is 0.181. The zero-order chi connectivity index (χ0) is 8.27. The van der Waals surface area contributed by atoms with Crippen molar-refractivity contribution in [2.24, 2.45) is 4.99 Å². The molecule has 0 atom stereocenters. The average molecular weight is 153 g/mol. The van der Waals surface area contributed by atoms with Crippen LogP contribution in [-0.4, -0.2) is 25.2 Å². The third-order valence-electron chi connectivity index (χ3n) is 1.27. The summed E-state index contributed by atoms with van der Waals surface area (Å²) in [6.45, 7) is 0. The van der Waals surface area contributed by atoms with Gasteiger partial charge in [0.15, 0.2) is 0 Å². The van der Waals surface area contributed by atoms with Crippen LogP contribution < -0.4 is 0 Å². The second-order valence-electron chi connectivity index (χ2n) is 2.01. The van der Waals surface area contributed by atoms with Crippen molar-refractivity contribution in [2.45, 2.75) is 6.42 Å². The lowest BCUT2D eigenvalue weighted by molar-refractivity contribution is -0.135. The van der Waals surface area contributed by atoms with Crippen LogP contribution in [0.1, 0.15) is 6.42 Å². The highest BCUT2D eigenvalue weighted by Crippen LogP contribution is 2.03. The van der Waals surface area contributed by atoms with Gasteiger partial charge >= 0.3 is 5.97 Å². The van der Waals surface area contributed by atoms with Crippen molar-refractivity contribution in [1.29, 1.82) is 0 Å². The summed E-state index contributed by atoms with van der Waals surface area (Å²) in [5.74, 6) is -0.695. The van der Waals surface area contributed by atoms with Crippen LogP contribution in [0.2, 0.25) is 0 Å². The number of hydrogen-bond donors (Lipinski definition) is 0. The van der Waals surface area contributed by atoms with Crippen molar-refractivity contribution >= 4 is 18.1 Å². The first-order valence-corrected chi connectivity index (χ1v) is 3.09. The van der Waals surface area contributed by atoms with Gasteiger partial charge in [-0.15, -0.1) is 0 Å². The molecule has 0 aromatic heterocycles. The van der Waals surface area contributed by atoms with E-state index in [1.807, 2.05) is 0 Å². The fraction of sp³-hybridized carbons (Fsp3) is 0.286. The summed E-state index contributed by atoms with van der Waals surface area (Å²) in [7, 11) is 1.29. The molecule has 0 saturated heterocycles. The van der Waals surface area contributed by atoms with Gasteiger partial charge in [0.05, 0.1) is 12.7 Å². The monoisotopic (exact) mass is 153 g/mol. The third-order valence-corrected chi connectivity index (χ3v) is 1.27. The Kier molecular flexibility index (Phi) is 2.15. The largest absolute Gasteiger partial charge is 0.465 e. The van der Waals surface area contributed by atoms with Gasteiger partial charge in [0, 0.05) is 12.6 Å². The van der Waals surface area contributed by atoms with Crippen LogP contribution >= 0.6 is 0 Å². The molecule has 1 amide bonds. The lowest BCUT2D eigenvalue weighted by Gasteiger charge is -2.01. The number of rotatable bonds is 1. The number of methoxy groups -OCH3 is 1. The molecule has 0 aliphatic carbocycles. The van der Waals surface area contributed by atoms with Crippen LogP contribution in [0.4, 0.5) is 0 Å². The summed E-state index contributed by atoms with van der Waals surface area (Å²) >= 11 is 0. The molecule has 0 spiro atoms. The van der Waals surface area contributed by atoms with E-state index >= 15 is 0 Å². The van der Waals surface area contributed by atoms with Gasteiger partial charge in [0.2, 0.25) is 5.91 Å². The van der Waals surface area contributed by atoms with Crippen molar-refractivity contribution < 1.29 is 14.3 Å². The number of aliphatic imine (C=N–C) groups is 1. The molecule has 0 bridgehead atoms. The molecule has 4 nitrogen and oxygen atoms in total. The van der Waals surface area contributed by atoms with Crippen LogP contribution in [-0.2, 0) is 14.3 Å². The first-order chi connectivity index (χ1) is 5.24. The van der Waals surface area contributed by atoms with E-state index in [1.54, 1.807) is 0 Å². The van der Waals surface area contributed by atoms with Crippen molar-refractivity contribution in [3.63, 3.8) is 0 Å². The predicted molar refractivity (Wildman–Crippen MR) is 38.2 cm³/mol. The molecule has 4 heteroatoms. The van der Waals surface area contributed by atoms with Crippen LogP contribution in [0.15, 0.2) is 16.6 Å². The summed E-state index contributed by atoms with van der Waals surface area (Å²) in [5, 5.41) is 0. The molecule has 0 N–H and O–H groups in total. The SMILES string of the molecule is COC(=O)C1=CCC(=O)N=C1.